The molecular weight excluding hydrogens is 264 g/mol. The van der Waals surface area contributed by atoms with Crippen LogP contribution in [0.4, 0.5) is 5.69 Å². The highest BCUT2D eigenvalue weighted by Crippen LogP contribution is 2.17. The van der Waals surface area contributed by atoms with Gasteiger partial charge in [-0.05, 0) is 45.6 Å². The lowest BCUT2D eigenvalue weighted by Gasteiger charge is -2.26. The van der Waals surface area contributed by atoms with E-state index in [0.29, 0.717) is 18.2 Å². The minimum absolute atomic E-state index is 0.349. The zero-order chi connectivity index (χ0) is 14.5. The maximum absolute atomic E-state index is 5.66. The third-order valence-corrected chi connectivity index (χ3v) is 4.51. The van der Waals surface area contributed by atoms with Crippen molar-refractivity contribution in [3.63, 3.8) is 0 Å². The number of anilines is 1. The number of piperidine rings is 1. The molecule has 5 heteroatoms. The fourth-order valence-corrected chi connectivity index (χ4v) is 3.43. The van der Waals surface area contributed by atoms with E-state index in [0.717, 1.165) is 25.3 Å². The molecule has 0 bridgehead atoms. The fraction of sp³-hybridized carbons (Fsp3) is 0.812. The van der Waals surface area contributed by atoms with Crippen molar-refractivity contribution in [2.24, 2.45) is 0 Å². The second kappa shape index (κ2) is 7.27. The molecule has 0 amide bonds. The summed E-state index contributed by atoms with van der Waals surface area (Å²) in [6, 6.07) is 1.14. The highest BCUT2D eigenvalue weighted by Gasteiger charge is 2.18. The lowest BCUT2D eigenvalue weighted by Crippen LogP contribution is -2.37. The third kappa shape index (κ3) is 4.45. The van der Waals surface area contributed by atoms with Crippen LogP contribution < -0.4 is 10.6 Å². The van der Waals surface area contributed by atoms with Gasteiger partial charge in [-0.3, -0.25) is 4.68 Å². The first-order chi connectivity index (χ1) is 10.3. The van der Waals surface area contributed by atoms with Gasteiger partial charge >= 0.3 is 0 Å². The lowest BCUT2D eigenvalue weighted by molar-refractivity contribution is 0.0940. The molecule has 2 fully saturated rings. The summed E-state index contributed by atoms with van der Waals surface area (Å²) in [5.74, 6) is 0. The van der Waals surface area contributed by atoms with Crippen molar-refractivity contribution in [2.45, 2.75) is 70.2 Å². The van der Waals surface area contributed by atoms with Gasteiger partial charge in [0, 0.05) is 24.9 Å². The van der Waals surface area contributed by atoms with Crippen LogP contribution in [-0.4, -0.2) is 41.1 Å². The molecule has 118 valence electrons. The number of aromatic nitrogens is 2. The normalized spacial score (nSPS) is 27.7. The lowest BCUT2D eigenvalue weighted by atomic mass is 9.99. The summed E-state index contributed by atoms with van der Waals surface area (Å²) in [5.41, 5.74) is 1.12. The van der Waals surface area contributed by atoms with Crippen LogP contribution in [0.15, 0.2) is 12.4 Å². The molecule has 5 nitrogen and oxygen atoms in total. The summed E-state index contributed by atoms with van der Waals surface area (Å²) in [7, 11) is 0. The first kappa shape index (κ1) is 14.9. The average molecular weight is 292 g/mol. The Bertz CT molecular complexity index is 422. The zero-order valence-corrected chi connectivity index (χ0v) is 13.1. The second-order valence-electron chi connectivity index (χ2n) is 6.51. The molecule has 2 N–H and O–H groups in total. The highest BCUT2D eigenvalue weighted by molar-refractivity contribution is 5.39. The van der Waals surface area contributed by atoms with E-state index in [1.54, 1.807) is 0 Å². The van der Waals surface area contributed by atoms with Crippen molar-refractivity contribution >= 4 is 5.69 Å². The van der Waals surface area contributed by atoms with E-state index in [-0.39, 0.29) is 0 Å². The number of hydrogen-bond donors (Lipinski definition) is 2. The molecule has 21 heavy (non-hydrogen) atoms. The Labute approximate surface area is 127 Å². The quantitative estimate of drug-likeness (QED) is 0.845. The van der Waals surface area contributed by atoms with Gasteiger partial charge < -0.3 is 15.4 Å². The Morgan fingerprint density at radius 2 is 2.38 bits per heavy atom. The predicted molar refractivity (Wildman–Crippen MR) is 84.5 cm³/mol. The Morgan fingerprint density at radius 3 is 3.14 bits per heavy atom. The van der Waals surface area contributed by atoms with Gasteiger partial charge in [-0.2, -0.15) is 5.10 Å². The summed E-state index contributed by atoms with van der Waals surface area (Å²) in [5, 5.41) is 11.6. The molecule has 0 radical (unpaired) electrons. The van der Waals surface area contributed by atoms with Crippen LogP contribution in [0, 0.1) is 0 Å². The molecule has 3 rings (SSSR count). The molecule has 0 aromatic carbocycles. The van der Waals surface area contributed by atoms with Crippen molar-refractivity contribution in [1.29, 1.82) is 0 Å². The van der Waals surface area contributed by atoms with E-state index in [1.807, 2.05) is 10.9 Å². The van der Waals surface area contributed by atoms with E-state index in [2.05, 4.69) is 28.9 Å². The van der Waals surface area contributed by atoms with Crippen LogP contribution >= 0.6 is 0 Å². The summed E-state index contributed by atoms with van der Waals surface area (Å²) in [4.78, 5) is 0. The molecule has 1 aromatic heterocycles. The van der Waals surface area contributed by atoms with E-state index in [9.17, 15) is 0 Å². The van der Waals surface area contributed by atoms with Crippen molar-refractivity contribution in [3.8, 4) is 0 Å². The van der Waals surface area contributed by atoms with Gasteiger partial charge in [0.2, 0.25) is 0 Å². The molecule has 3 unspecified atom stereocenters. The molecule has 3 atom stereocenters. The monoisotopic (exact) mass is 292 g/mol. The van der Waals surface area contributed by atoms with Gasteiger partial charge in [0.05, 0.1) is 24.5 Å². The van der Waals surface area contributed by atoms with Crippen LogP contribution in [0.5, 0.6) is 0 Å². The van der Waals surface area contributed by atoms with Crippen LogP contribution in [-0.2, 0) is 11.3 Å². The van der Waals surface area contributed by atoms with E-state index < -0.39 is 0 Å². The molecule has 2 aliphatic heterocycles. The third-order valence-electron chi connectivity index (χ3n) is 4.51. The van der Waals surface area contributed by atoms with E-state index >= 15 is 0 Å². The number of ether oxygens (including phenoxy) is 1. The minimum atomic E-state index is 0.349. The molecule has 2 saturated heterocycles. The second-order valence-corrected chi connectivity index (χ2v) is 6.51. The van der Waals surface area contributed by atoms with Crippen molar-refractivity contribution in [3.05, 3.63) is 12.4 Å². The molecule has 2 aliphatic rings. The molecule has 0 saturated carbocycles. The maximum Gasteiger partial charge on any atom is 0.0771 e. The fourth-order valence-electron chi connectivity index (χ4n) is 3.43. The molecule has 3 heterocycles. The zero-order valence-electron chi connectivity index (χ0n) is 13.1. The first-order valence-corrected chi connectivity index (χ1v) is 8.43. The van der Waals surface area contributed by atoms with Gasteiger partial charge in [0.25, 0.3) is 0 Å². The van der Waals surface area contributed by atoms with Crippen molar-refractivity contribution in [2.75, 3.05) is 18.5 Å². The number of nitrogens with one attached hydrogen (secondary N) is 2. The van der Waals surface area contributed by atoms with Gasteiger partial charge in [0.15, 0.2) is 0 Å². The average Bonchev–Trinajstić information content (AvgIpc) is 3.13. The molecule has 1 aromatic rings. The Balaban J connectivity index is 1.44. The van der Waals surface area contributed by atoms with Gasteiger partial charge in [-0.15, -0.1) is 0 Å². The summed E-state index contributed by atoms with van der Waals surface area (Å²) >= 11 is 0. The standard InChI is InChI=1S/C16H28N4O/c1-13(9-14-5-2-3-7-17-14)19-15-10-18-20(11-15)12-16-6-4-8-21-16/h10-11,13-14,16-17,19H,2-9,12H2,1H3. The number of nitrogens with zero attached hydrogens (tertiary/aromatic N) is 2. The van der Waals surface area contributed by atoms with Crippen molar-refractivity contribution < 1.29 is 4.74 Å². The Hall–Kier alpha value is -1.07. The minimum Gasteiger partial charge on any atom is -0.380 e. The van der Waals surface area contributed by atoms with Crippen LogP contribution in [0.1, 0.15) is 45.4 Å². The summed E-state index contributed by atoms with van der Waals surface area (Å²) in [6.45, 7) is 5.22. The topological polar surface area (TPSA) is 51.1 Å². The van der Waals surface area contributed by atoms with Crippen LogP contribution in [0.2, 0.25) is 0 Å². The summed E-state index contributed by atoms with van der Waals surface area (Å²) in [6.07, 6.45) is 11.9. The smallest absolute Gasteiger partial charge is 0.0771 e. The molecule has 0 spiro atoms. The maximum atomic E-state index is 5.66. The molecular formula is C16H28N4O. The number of hydrogen-bond acceptors (Lipinski definition) is 4. The largest absolute Gasteiger partial charge is 0.380 e. The Morgan fingerprint density at radius 1 is 1.43 bits per heavy atom. The molecule has 0 aliphatic carbocycles. The SMILES string of the molecule is CC(CC1CCCCN1)Nc1cnn(CC2CCCO2)c1. The van der Waals surface area contributed by atoms with E-state index in [1.165, 1.54) is 38.6 Å². The van der Waals surface area contributed by atoms with Crippen molar-refractivity contribution in [1.82, 2.24) is 15.1 Å². The first-order valence-electron chi connectivity index (χ1n) is 8.43. The van der Waals surface area contributed by atoms with E-state index in [4.69, 9.17) is 4.74 Å². The predicted octanol–water partition coefficient (Wildman–Crippen LogP) is 2.39. The van der Waals surface area contributed by atoms with Crippen LogP contribution in [0.25, 0.3) is 0 Å². The van der Waals surface area contributed by atoms with Gasteiger partial charge in [-0.1, -0.05) is 6.42 Å². The van der Waals surface area contributed by atoms with Gasteiger partial charge in [0.1, 0.15) is 0 Å². The number of rotatable bonds is 6. The van der Waals surface area contributed by atoms with Gasteiger partial charge in [-0.25, -0.2) is 0 Å². The summed E-state index contributed by atoms with van der Waals surface area (Å²) < 4.78 is 7.66. The highest BCUT2D eigenvalue weighted by atomic mass is 16.5. The van der Waals surface area contributed by atoms with Crippen LogP contribution in [0.3, 0.4) is 0 Å². The Kier molecular flexibility index (Phi) is 5.14.